The summed E-state index contributed by atoms with van der Waals surface area (Å²) >= 11 is 0. The van der Waals surface area contributed by atoms with E-state index in [0.29, 0.717) is 30.4 Å². The molecule has 0 amide bonds. The molecule has 0 unspecified atom stereocenters. The summed E-state index contributed by atoms with van der Waals surface area (Å²) in [6.45, 7) is 5.06. The molecule has 20 heavy (non-hydrogen) atoms. The van der Waals surface area contributed by atoms with Gasteiger partial charge in [-0.1, -0.05) is 0 Å². The first-order valence-corrected chi connectivity index (χ1v) is 6.19. The molecule has 0 atom stereocenters. The predicted octanol–water partition coefficient (Wildman–Crippen LogP) is 2.18. The molecule has 5 nitrogen and oxygen atoms in total. The number of nitrogens with zero attached hydrogens (tertiary/aromatic N) is 4. The molecule has 8 heteroatoms. The molecule has 0 spiro atoms. The van der Waals surface area contributed by atoms with Gasteiger partial charge < -0.3 is 5.11 Å². The molecule has 0 fully saturated rings. The van der Waals surface area contributed by atoms with Crippen LogP contribution in [0.4, 0.5) is 13.2 Å². The molecule has 0 aliphatic carbocycles. The highest BCUT2D eigenvalue weighted by Gasteiger charge is 2.35. The molecular formula is C12H13F3N4O. The minimum atomic E-state index is -4.59. The fourth-order valence-electron chi connectivity index (χ4n) is 2.34. The summed E-state index contributed by atoms with van der Waals surface area (Å²) in [6.07, 6.45) is -4.59. The Kier molecular flexibility index (Phi) is 2.69. The van der Waals surface area contributed by atoms with Gasteiger partial charge >= 0.3 is 6.18 Å². The second kappa shape index (κ2) is 4.08. The fourth-order valence-corrected chi connectivity index (χ4v) is 2.34. The van der Waals surface area contributed by atoms with E-state index in [2.05, 4.69) is 15.0 Å². The molecule has 1 N–H and O–H groups in total. The Labute approximate surface area is 112 Å². The summed E-state index contributed by atoms with van der Waals surface area (Å²) in [5, 5.41) is 13.8. The van der Waals surface area contributed by atoms with Crippen LogP contribution < -0.4 is 0 Å². The van der Waals surface area contributed by atoms with Crippen molar-refractivity contribution in [1.82, 2.24) is 19.5 Å². The highest BCUT2D eigenvalue weighted by molar-refractivity contribution is 5.54. The van der Waals surface area contributed by atoms with Gasteiger partial charge in [0.2, 0.25) is 5.88 Å². The van der Waals surface area contributed by atoms with Crippen molar-refractivity contribution in [1.29, 1.82) is 0 Å². The van der Waals surface area contributed by atoms with E-state index in [1.807, 2.05) is 13.8 Å². The van der Waals surface area contributed by atoms with E-state index in [0.717, 1.165) is 4.52 Å². The first-order valence-electron chi connectivity index (χ1n) is 6.19. The van der Waals surface area contributed by atoms with E-state index in [9.17, 15) is 18.3 Å². The highest BCUT2D eigenvalue weighted by Crippen LogP contribution is 2.33. The van der Waals surface area contributed by atoms with Gasteiger partial charge in [0.15, 0.2) is 11.3 Å². The van der Waals surface area contributed by atoms with Crippen molar-refractivity contribution >= 4 is 5.65 Å². The molecule has 2 aromatic rings. The van der Waals surface area contributed by atoms with Crippen molar-refractivity contribution in [3.8, 4) is 5.88 Å². The van der Waals surface area contributed by atoms with Crippen molar-refractivity contribution in [2.24, 2.45) is 0 Å². The van der Waals surface area contributed by atoms with E-state index >= 15 is 0 Å². The molecule has 3 rings (SSSR count). The van der Waals surface area contributed by atoms with Gasteiger partial charge in [-0.15, -0.1) is 0 Å². The summed E-state index contributed by atoms with van der Waals surface area (Å²) in [5.74, 6) is -0.548. The summed E-state index contributed by atoms with van der Waals surface area (Å²) < 4.78 is 39.3. The number of rotatable bonds is 1. The molecule has 1 aliphatic rings. The Bertz CT molecular complexity index is 677. The van der Waals surface area contributed by atoms with Gasteiger partial charge in [-0.2, -0.15) is 22.8 Å². The second-order valence-electron chi connectivity index (χ2n) is 5.16. The molecule has 1 aliphatic heterocycles. The number of halogens is 3. The maximum Gasteiger partial charge on any atom is 0.433 e. The van der Waals surface area contributed by atoms with Gasteiger partial charge in [0.25, 0.3) is 0 Å². The summed E-state index contributed by atoms with van der Waals surface area (Å²) in [7, 11) is 0. The largest absolute Gasteiger partial charge is 0.493 e. The third kappa shape index (κ3) is 1.91. The topological polar surface area (TPSA) is 53.7 Å². The molecule has 3 heterocycles. The minimum absolute atomic E-state index is 0.0791. The lowest BCUT2D eigenvalue weighted by molar-refractivity contribution is -0.141. The van der Waals surface area contributed by atoms with Crippen LogP contribution in [-0.2, 0) is 19.3 Å². The van der Waals surface area contributed by atoms with E-state index in [1.54, 1.807) is 0 Å². The van der Waals surface area contributed by atoms with Crippen LogP contribution in [0.15, 0.2) is 6.07 Å². The average molecular weight is 286 g/mol. The molecule has 0 bridgehead atoms. The highest BCUT2D eigenvalue weighted by atomic mass is 19.4. The van der Waals surface area contributed by atoms with Crippen molar-refractivity contribution in [3.05, 3.63) is 23.0 Å². The number of alkyl halides is 3. The smallest absolute Gasteiger partial charge is 0.433 e. The number of hydrogen-bond acceptors (Lipinski definition) is 4. The molecule has 108 valence electrons. The van der Waals surface area contributed by atoms with Crippen molar-refractivity contribution in [2.45, 2.75) is 39.2 Å². The zero-order valence-corrected chi connectivity index (χ0v) is 10.9. The third-order valence-electron chi connectivity index (χ3n) is 3.48. The van der Waals surface area contributed by atoms with Crippen molar-refractivity contribution < 1.29 is 18.3 Å². The van der Waals surface area contributed by atoms with Crippen LogP contribution in [0.1, 0.15) is 30.8 Å². The first kappa shape index (κ1) is 13.2. The molecular weight excluding hydrogens is 273 g/mol. The maximum atomic E-state index is 12.7. The van der Waals surface area contributed by atoms with Crippen molar-refractivity contribution in [2.75, 3.05) is 0 Å². The minimum Gasteiger partial charge on any atom is -0.493 e. The average Bonchev–Trinajstić information content (AvgIpc) is 2.85. The van der Waals surface area contributed by atoms with Gasteiger partial charge in [0.05, 0.1) is 5.69 Å². The lowest BCUT2D eigenvalue weighted by atomic mass is 10.3. The molecule has 0 aromatic carbocycles. The Balaban J connectivity index is 2.15. The molecule has 0 radical (unpaired) electrons. The Hall–Kier alpha value is -1.83. The predicted molar refractivity (Wildman–Crippen MR) is 64.0 cm³/mol. The van der Waals surface area contributed by atoms with Gasteiger partial charge in [-0.05, 0) is 13.8 Å². The zero-order chi connectivity index (χ0) is 14.7. The van der Waals surface area contributed by atoms with Crippen LogP contribution in [0.5, 0.6) is 5.88 Å². The van der Waals surface area contributed by atoms with E-state index in [-0.39, 0.29) is 11.7 Å². The fraction of sp³-hybridized carbons (Fsp3) is 0.500. The Morgan fingerprint density at radius 1 is 1.30 bits per heavy atom. The monoisotopic (exact) mass is 286 g/mol. The standard InChI is InChI=1S/C12H13F3N4O/c1-6(2)18-4-7-8(5-18)17-19-10(20)3-9(12(13,14)15)16-11(7)19/h3,6,20H,4-5H2,1-2H3. The molecule has 2 aromatic heterocycles. The van der Waals surface area contributed by atoms with Gasteiger partial charge in [-0.3, -0.25) is 4.90 Å². The van der Waals surface area contributed by atoms with Crippen LogP contribution in [0.3, 0.4) is 0 Å². The van der Waals surface area contributed by atoms with E-state index in [1.165, 1.54) is 0 Å². The van der Waals surface area contributed by atoms with Gasteiger partial charge in [0, 0.05) is 30.8 Å². The van der Waals surface area contributed by atoms with Crippen LogP contribution in [0.25, 0.3) is 5.65 Å². The Morgan fingerprint density at radius 2 is 2.00 bits per heavy atom. The Morgan fingerprint density at radius 3 is 2.60 bits per heavy atom. The zero-order valence-electron chi connectivity index (χ0n) is 10.9. The lowest BCUT2D eigenvalue weighted by Crippen LogP contribution is -2.25. The quantitative estimate of drug-likeness (QED) is 0.873. The van der Waals surface area contributed by atoms with Gasteiger partial charge in [-0.25, -0.2) is 4.98 Å². The van der Waals surface area contributed by atoms with Crippen molar-refractivity contribution in [3.63, 3.8) is 0 Å². The number of aromatic nitrogens is 3. The first-order chi connectivity index (χ1) is 9.27. The number of fused-ring (bicyclic) bond motifs is 3. The SMILES string of the molecule is CC(C)N1Cc2nn3c(O)cc(C(F)(F)F)nc3c2C1. The normalized spacial score (nSPS) is 16.3. The molecule has 0 saturated heterocycles. The van der Waals surface area contributed by atoms with Crippen LogP contribution >= 0.6 is 0 Å². The van der Waals surface area contributed by atoms with E-state index < -0.39 is 17.8 Å². The van der Waals surface area contributed by atoms with Crippen LogP contribution in [0.2, 0.25) is 0 Å². The number of aromatic hydroxyl groups is 1. The third-order valence-corrected chi connectivity index (χ3v) is 3.48. The summed E-state index contributed by atoms with van der Waals surface area (Å²) in [6, 6.07) is 0.860. The maximum absolute atomic E-state index is 12.7. The summed E-state index contributed by atoms with van der Waals surface area (Å²) in [4.78, 5) is 5.70. The molecule has 0 saturated carbocycles. The second-order valence-corrected chi connectivity index (χ2v) is 5.16. The van der Waals surface area contributed by atoms with Crippen LogP contribution in [-0.4, -0.2) is 30.6 Å². The lowest BCUT2D eigenvalue weighted by Gasteiger charge is -2.19. The van der Waals surface area contributed by atoms with Gasteiger partial charge in [0.1, 0.15) is 0 Å². The summed E-state index contributed by atoms with van der Waals surface area (Å²) in [5.41, 5.74) is 0.296. The number of hydrogen-bond donors (Lipinski definition) is 1. The van der Waals surface area contributed by atoms with E-state index in [4.69, 9.17) is 0 Å². The van der Waals surface area contributed by atoms with Crippen LogP contribution in [0, 0.1) is 0 Å².